The number of aliphatic hydroxyl groups is 1. The molecule has 0 saturated carbocycles. The summed E-state index contributed by atoms with van der Waals surface area (Å²) in [5.41, 5.74) is -0.607. The highest BCUT2D eigenvalue weighted by Gasteiger charge is 2.27. The molecule has 2 unspecified atom stereocenters. The molecule has 0 fully saturated rings. The Labute approximate surface area is 223 Å². The van der Waals surface area contributed by atoms with Crippen molar-refractivity contribution in [2.75, 3.05) is 31.3 Å². The lowest BCUT2D eigenvalue weighted by molar-refractivity contribution is -0.159. The maximum absolute atomic E-state index is 12.1. The van der Waals surface area contributed by atoms with Crippen LogP contribution in [0.1, 0.15) is 112 Å². The van der Waals surface area contributed by atoms with Gasteiger partial charge in [-0.1, -0.05) is 78.6 Å². The molecule has 0 bridgehead atoms. The molecule has 0 aromatic carbocycles. The number of unbranched alkanes of at least 4 members (excludes halogenated alkanes) is 9. The Hall–Kier alpha value is -1.28. The molecular weight excluding hydrogens is 480 g/mol. The highest BCUT2D eigenvalue weighted by molar-refractivity contribution is 7.99. The molecule has 0 aliphatic rings. The summed E-state index contributed by atoms with van der Waals surface area (Å²) in [6.07, 6.45) is 12.2. The van der Waals surface area contributed by atoms with Gasteiger partial charge in [0.1, 0.15) is 19.3 Å². The van der Waals surface area contributed by atoms with E-state index in [1.54, 1.807) is 13.8 Å². The highest BCUT2D eigenvalue weighted by Crippen LogP contribution is 2.21. The quantitative estimate of drug-likeness (QED) is 0.0958. The maximum Gasteiger partial charge on any atom is 0.311 e. The van der Waals surface area contributed by atoms with Gasteiger partial charge in [-0.3, -0.25) is 14.4 Å². The fourth-order valence-electron chi connectivity index (χ4n) is 3.21. The zero-order chi connectivity index (χ0) is 27.2. The molecule has 7 nitrogen and oxygen atoms in total. The molecule has 0 heterocycles. The third-order valence-corrected chi connectivity index (χ3v) is 7.47. The first kappa shape index (κ1) is 34.7. The minimum Gasteiger partial charge on any atom is -0.465 e. The van der Waals surface area contributed by atoms with Gasteiger partial charge in [0.15, 0.2) is 0 Å². The predicted molar refractivity (Wildman–Crippen MR) is 146 cm³/mol. The molecule has 36 heavy (non-hydrogen) atoms. The van der Waals surface area contributed by atoms with Crippen LogP contribution in [0, 0.1) is 11.3 Å². The van der Waals surface area contributed by atoms with Crippen molar-refractivity contribution < 1.29 is 33.7 Å². The number of thioether (sulfide) groups is 1. The van der Waals surface area contributed by atoms with E-state index in [9.17, 15) is 19.5 Å². The number of aliphatic hydroxyl groups excluding tert-OH is 1. The Morgan fingerprint density at radius 2 is 1.39 bits per heavy atom. The van der Waals surface area contributed by atoms with Crippen LogP contribution in [-0.2, 0) is 28.6 Å². The first-order valence-corrected chi connectivity index (χ1v) is 15.0. The molecular formula is C28H52O7S. The molecule has 8 heteroatoms. The van der Waals surface area contributed by atoms with E-state index in [0.29, 0.717) is 24.5 Å². The van der Waals surface area contributed by atoms with Crippen molar-refractivity contribution in [1.29, 1.82) is 0 Å². The molecule has 0 radical (unpaired) electrons. The lowest BCUT2D eigenvalue weighted by Crippen LogP contribution is -2.31. The molecule has 0 spiro atoms. The molecule has 0 aromatic heterocycles. The fourth-order valence-corrected chi connectivity index (χ4v) is 4.18. The Kier molecular flexibility index (Phi) is 21.0. The predicted octanol–water partition coefficient (Wildman–Crippen LogP) is 6.09. The van der Waals surface area contributed by atoms with E-state index >= 15 is 0 Å². The number of hydrogen-bond donors (Lipinski definition) is 1. The smallest absolute Gasteiger partial charge is 0.311 e. The minimum atomic E-state index is -1.05. The maximum atomic E-state index is 12.1. The van der Waals surface area contributed by atoms with Crippen LogP contribution in [0.25, 0.3) is 0 Å². The Bertz CT molecular complexity index is 594. The summed E-state index contributed by atoms with van der Waals surface area (Å²) in [6.45, 7) is 9.57. The van der Waals surface area contributed by atoms with Crippen molar-refractivity contribution in [2.45, 2.75) is 118 Å². The Morgan fingerprint density at radius 3 is 1.97 bits per heavy atom. The van der Waals surface area contributed by atoms with Crippen molar-refractivity contribution in [1.82, 2.24) is 0 Å². The molecule has 0 aliphatic heterocycles. The van der Waals surface area contributed by atoms with Gasteiger partial charge in [-0.15, -0.1) is 0 Å². The van der Waals surface area contributed by atoms with Crippen molar-refractivity contribution in [3.63, 3.8) is 0 Å². The third kappa shape index (κ3) is 18.9. The zero-order valence-corrected chi connectivity index (χ0v) is 24.3. The summed E-state index contributed by atoms with van der Waals surface area (Å²) >= 11 is 1.50. The second-order valence-corrected chi connectivity index (χ2v) is 11.4. The van der Waals surface area contributed by atoms with E-state index in [4.69, 9.17) is 14.2 Å². The number of hydrogen-bond acceptors (Lipinski definition) is 8. The zero-order valence-electron chi connectivity index (χ0n) is 23.5. The van der Waals surface area contributed by atoms with Crippen molar-refractivity contribution in [2.24, 2.45) is 11.3 Å². The highest BCUT2D eigenvalue weighted by atomic mass is 32.2. The number of ether oxygens (including phenoxy) is 3. The van der Waals surface area contributed by atoms with Crippen LogP contribution in [0.4, 0.5) is 0 Å². The summed E-state index contributed by atoms with van der Waals surface area (Å²) in [5, 5.41) is 9.86. The molecule has 0 aromatic rings. The van der Waals surface area contributed by atoms with Gasteiger partial charge in [0.25, 0.3) is 0 Å². The average molecular weight is 533 g/mol. The van der Waals surface area contributed by atoms with Gasteiger partial charge in [-0.25, -0.2) is 0 Å². The van der Waals surface area contributed by atoms with Gasteiger partial charge in [0.2, 0.25) is 0 Å². The normalized spacial score (nSPS) is 13.2. The molecule has 212 valence electrons. The molecule has 1 N–H and O–H groups in total. The van der Waals surface area contributed by atoms with E-state index in [1.165, 1.54) is 63.1 Å². The SMILES string of the molecule is CCCCCCCCCCCCOC(=O)C(C)CSCCC(=O)OCC(O)COC(=O)C(C)(C)CC. The fraction of sp³-hybridized carbons (Fsp3) is 0.893. The van der Waals surface area contributed by atoms with E-state index in [-0.39, 0.29) is 37.5 Å². The van der Waals surface area contributed by atoms with E-state index in [2.05, 4.69) is 6.92 Å². The van der Waals surface area contributed by atoms with Crippen LogP contribution in [0.5, 0.6) is 0 Å². The largest absolute Gasteiger partial charge is 0.465 e. The van der Waals surface area contributed by atoms with Crippen LogP contribution in [-0.4, -0.2) is 60.4 Å². The first-order chi connectivity index (χ1) is 17.1. The van der Waals surface area contributed by atoms with Gasteiger partial charge in [-0.2, -0.15) is 11.8 Å². The molecule has 0 amide bonds. The van der Waals surface area contributed by atoms with Crippen LogP contribution >= 0.6 is 11.8 Å². The summed E-state index contributed by atoms with van der Waals surface area (Å²) in [5.74, 6) is -0.135. The standard InChI is InChI=1S/C28H52O7S/c1-6-8-9-10-11-12-13-14-15-16-18-33-26(31)23(3)22-36-19-17-25(30)34-20-24(29)21-35-27(32)28(4,5)7-2/h23-24,29H,6-22H2,1-5H3. The molecule has 0 rings (SSSR count). The molecule has 2 atom stereocenters. The number of carbonyl (C=O) groups is 3. The second kappa shape index (κ2) is 21.8. The summed E-state index contributed by atoms with van der Waals surface area (Å²) in [6, 6.07) is 0. The van der Waals surface area contributed by atoms with Gasteiger partial charge < -0.3 is 19.3 Å². The Morgan fingerprint density at radius 1 is 0.833 bits per heavy atom. The van der Waals surface area contributed by atoms with Crippen molar-refractivity contribution in [3.05, 3.63) is 0 Å². The topological polar surface area (TPSA) is 99.1 Å². The molecule has 0 saturated heterocycles. The Balaban J connectivity index is 3.69. The first-order valence-electron chi connectivity index (χ1n) is 13.9. The van der Waals surface area contributed by atoms with Gasteiger partial charge in [-0.05, 0) is 26.7 Å². The van der Waals surface area contributed by atoms with Gasteiger partial charge >= 0.3 is 17.9 Å². The van der Waals surface area contributed by atoms with E-state index in [0.717, 1.165) is 12.8 Å². The van der Waals surface area contributed by atoms with Crippen LogP contribution in [0.2, 0.25) is 0 Å². The number of rotatable bonds is 23. The van der Waals surface area contributed by atoms with Crippen LogP contribution < -0.4 is 0 Å². The lowest BCUT2D eigenvalue weighted by Gasteiger charge is -2.21. The minimum absolute atomic E-state index is 0.181. The summed E-state index contributed by atoms with van der Waals surface area (Å²) in [7, 11) is 0. The number of carbonyl (C=O) groups excluding carboxylic acids is 3. The van der Waals surface area contributed by atoms with Crippen LogP contribution in [0.15, 0.2) is 0 Å². The van der Waals surface area contributed by atoms with Gasteiger partial charge in [0, 0.05) is 11.5 Å². The van der Waals surface area contributed by atoms with Crippen molar-refractivity contribution in [3.8, 4) is 0 Å². The summed E-state index contributed by atoms with van der Waals surface area (Å²) < 4.78 is 15.5. The van der Waals surface area contributed by atoms with Gasteiger partial charge in [0.05, 0.1) is 24.4 Å². The van der Waals surface area contributed by atoms with E-state index < -0.39 is 17.5 Å². The summed E-state index contributed by atoms with van der Waals surface area (Å²) in [4.78, 5) is 35.9. The number of esters is 3. The van der Waals surface area contributed by atoms with E-state index in [1.807, 2.05) is 13.8 Å². The second-order valence-electron chi connectivity index (χ2n) is 10.2. The molecule has 0 aliphatic carbocycles. The van der Waals surface area contributed by atoms with Crippen LogP contribution in [0.3, 0.4) is 0 Å². The third-order valence-electron chi connectivity index (χ3n) is 6.24. The van der Waals surface area contributed by atoms with Crippen molar-refractivity contribution >= 4 is 29.7 Å². The average Bonchev–Trinajstić information content (AvgIpc) is 2.86. The lowest BCUT2D eigenvalue weighted by atomic mass is 9.91. The monoisotopic (exact) mass is 532 g/mol.